The van der Waals surface area contributed by atoms with Crippen molar-refractivity contribution in [3.8, 4) is 10.7 Å². The van der Waals surface area contributed by atoms with Crippen LogP contribution in [-0.4, -0.2) is 52.1 Å². The Morgan fingerprint density at radius 1 is 1.22 bits per heavy atom. The van der Waals surface area contributed by atoms with Crippen LogP contribution in [0.1, 0.15) is 24.4 Å². The van der Waals surface area contributed by atoms with E-state index in [1.165, 1.54) is 0 Å². The van der Waals surface area contributed by atoms with Crippen molar-refractivity contribution in [1.29, 1.82) is 0 Å². The van der Waals surface area contributed by atoms with E-state index in [0.717, 1.165) is 48.3 Å². The summed E-state index contributed by atoms with van der Waals surface area (Å²) in [5.74, 6) is 1.25. The van der Waals surface area contributed by atoms with Crippen LogP contribution >= 0.6 is 22.7 Å². The molecule has 4 rings (SSSR count). The van der Waals surface area contributed by atoms with Gasteiger partial charge in [0.1, 0.15) is 0 Å². The minimum absolute atomic E-state index is 0.142. The highest BCUT2D eigenvalue weighted by Gasteiger charge is 2.21. The fourth-order valence-electron chi connectivity index (χ4n) is 3.08. The Morgan fingerprint density at radius 2 is 2.15 bits per heavy atom. The molecule has 1 fully saturated rings. The lowest BCUT2D eigenvalue weighted by atomic mass is 10.2. The molecule has 27 heavy (non-hydrogen) atoms. The van der Waals surface area contributed by atoms with Crippen molar-refractivity contribution in [1.82, 2.24) is 20.0 Å². The molecule has 0 aliphatic carbocycles. The first kappa shape index (κ1) is 18.1. The smallest absolute Gasteiger partial charge is 0.227 e. The van der Waals surface area contributed by atoms with Gasteiger partial charge in [0, 0.05) is 44.4 Å². The summed E-state index contributed by atoms with van der Waals surface area (Å²) in [6.07, 6.45) is 1.82. The Labute approximate surface area is 165 Å². The molecule has 0 saturated carbocycles. The minimum atomic E-state index is 0.142. The van der Waals surface area contributed by atoms with E-state index in [1.54, 1.807) is 22.7 Å². The summed E-state index contributed by atoms with van der Waals surface area (Å²) in [4.78, 5) is 26.8. The normalized spacial score (nSPS) is 15.1. The Hall–Kier alpha value is -2.26. The largest absolute Gasteiger partial charge is 0.346 e. The molecule has 1 aliphatic heterocycles. The van der Waals surface area contributed by atoms with Gasteiger partial charge in [0.15, 0.2) is 5.13 Å². The van der Waals surface area contributed by atoms with Crippen LogP contribution in [0.4, 0.5) is 5.13 Å². The molecule has 9 heteroatoms. The van der Waals surface area contributed by atoms with E-state index >= 15 is 0 Å². The second kappa shape index (κ2) is 8.18. The predicted molar refractivity (Wildman–Crippen MR) is 106 cm³/mol. The average molecular weight is 404 g/mol. The monoisotopic (exact) mass is 403 g/mol. The van der Waals surface area contributed by atoms with Crippen molar-refractivity contribution in [3.05, 3.63) is 34.5 Å². The number of amides is 1. The van der Waals surface area contributed by atoms with Crippen LogP contribution in [-0.2, 0) is 11.2 Å². The summed E-state index contributed by atoms with van der Waals surface area (Å²) < 4.78 is 5.29. The maximum atomic E-state index is 12.6. The lowest BCUT2D eigenvalue weighted by Crippen LogP contribution is -2.35. The highest BCUT2D eigenvalue weighted by Crippen LogP contribution is 2.23. The van der Waals surface area contributed by atoms with Gasteiger partial charge in [0.05, 0.1) is 10.6 Å². The molecule has 1 saturated heterocycles. The number of hydrogen-bond donors (Lipinski definition) is 0. The van der Waals surface area contributed by atoms with Crippen molar-refractivity contribution in [3.63, 3.8) is 0 Å². The topological polar surface area (TPSA) is 75.4 Å². The molecule has 142 valence electrons. The fraction of sp³-hybridized carbons (Fsp3) is 0.444. The summed E-state index contributed by atoms with van der Waals surface area (Å²) in [5, 5.41) is 9.09. The first-order chi connectivity index (χ1) is 13.2. The van der Waals surface area contributed by atoms with Crippen molar-refractivity contribution in [2.45, 2.75) is 26.2 Å². The standard InChI is InChI=1S/C18H21N5O2S2/c1-13-12-27-18(19-13)23-8-3-7-22(9-10-23)16(24)6-5-15-20-17(21-25-15)14-4-2-11-26-14/h2,4,11-12H,3,5-10H2,1H3. The van der Waals surface area contributed by atoms with E-state index in [4.69, 9.17) is 4.52 Å². The Balaban J connectivity index is 1.29. The number of aromatic nitrogens is 3. The van der Waals surface area contributed by atoms with Gasteiger partial charge in [-0.3, -0.25) is 4.79 Å². The Bertz CT molecular complexity index is 889. The van der Waals surface area contributed by atoms with Gasteiger partial charge in [-0.05, 0) is 24.8 Å². The summed E-state index contributed by atoms with van der Waals surface area (Å²) in [6.45, 7) is 5.27. The van der Waals surface area contributed by atoms with Gasteiger partial charge in [-0.1, -0.05) is 11.2 Å². The van der Waals surface area contributed by atoms with Gasteiger partial charge in [-0.15, -0.1) is 22.7 Å². The van der Waals surface area contributed by atoms with Crippen LogP contribution < -0.4 is 4.90 Å². The molecular weight excluding hydrogens is 382 g/mol. The second-order valence-corrected chi connectivity index (χ2v) is 8.27. The third-order valence-corrected chi connectivity index (χ3v) is 6.37. The number of carbonyl (C=O) groups is 1. The highest BCUT2D eigenvalue weighted by atomic mass is 32.1. The molecule has 1 aliphatic rings. The molecule has 0 spiro atoms. The SMILES string of the molecule is Cc1csc(N2CCCN(C(=O)CCc3nc(-c4cccs4)no3)CC2)n1. The molecule has 0 aromatic carbocycles. The summed E-state index contributed by atoms with van der Waals surface area (Å²) in [7, 11) is 0. The molecule has 0 bridgehead atoms. The van der Waals surface area contributed by atoms with Crippen molar-refractivity contribution >= 4 is 33.7 Å². The van der Waals surface area contributed by atoms with Gasteiger partial charge in [0.2, 0.25) is 17.6 Å². The minimum Gasteiger partial charge on any atom is -0.346 e. The number of thiazole rings is 1. The van der Waals surface area contributed by atoms with E-state index in [2.05, 4.69) is 25.4 Å². The van der Waals surface area contributed by atoms with E-state index in [1.807, 2.05) is 29.3 Å². The van der Waals surface area contributed by atoms with Crippen molar-refractivity contribution in [2.24, 2.45) is 0 Å². The van der Waals surface area contributed by atoms with E-state index < -0.39 is 0 Å². The van der Waals surface area contributed by atoms with Crippen LogP contribution in [0.5, 0.6) is 0 Å². The quantitative estimate of drug-likeness (QED) is 0.651. The van der Waals surface area contributed by atoms with Gasteiger partial charge < -0.3 is 14.3 Å². The predicted octanol–water partition coefficient (Wildman–Crippen LogP) is 3.23. The van der Waals surface area contributed by atoms with Crippen LogP contribution in [0.15, 0.2) is 27.4 Å². The molecule has 4 heterocycles. The third kappa shape index (κ3) is 4.36. The summed E-state index contributed by atoms with van der Waals surface area (Å²) in [5.41, 5.74) is 1.05. The number of anilines is 1. The highest BCUT2D eigenvalue weighted by molar-refractivity contribution is 7.13. The van der Waals surface area contributed by atoms with Crippen molar-refractivity contribution < 1.29 is 9.32 Å². The first-order valence-corrected chi connectivity index (χ1v) is 10.8. The maximum Gasteiger partial charge on any atom is 0.227 e. The van der Waals surface area contributed by atoms with Crippen LogP contribution in [0, 0.1) is 6.92 Å². The molecule has 0 unspecified atom stereocenters. The molecule has 0 atom stereocenters. The van der Waals surface area contributed by atoms with Crippen LogP contribution in [0.25, 0.3) is 10.7 Å². The Morgan fingerprint density at radius 3 is 2.93 bits per heavy atom. The van der Waals surface area contributed by atoms with Gasteiger partial charge in [-0.25, -0.2) is 4.98 Å². The van der Waals surface area contributed by atoms with Gasteiger partial charge in [-0.2, -0.15) is 4.98 Å². The number of rotatable bonds is 5. The molecule has 1 amide bonds. The average Bonchev–Trinajstić information content (AvgIpc) is 3.39. The van der Waals surface area contributed by atoms with E-state index in [0.29, 0.717) is 24.6 Å². The van der Waals surface area contributed by atoms with Gasteiger partial charge in [0.25, 0.3) is 0 Å². The zero-order chi connectivity index (χ0) is 18.6. The first-order valence-electron chi connectivity index (χ1n) is 9.00. The molecule has 0 N–H and O–H groups in total. The van der Waals surface area contributed by atoms with Crippen molar-refractivity contribution in [2.75, 3.05) is 31.1 Å². The maximum absolute atomic E-state index is 12.6. The van der Waals surface area contributed by atoms with Crippen LogP contribution in [0.2, 0.25) is 0 Å². The van der Waals surface area contributed by atoms with E-state index in [-0.39, 0.29) is 5.91 Å². The molecule has 3 aromatic rings. The molecule has 3 aromatic heterocycles. The van der Waals surface area contributed by atoms with Crippen LogP contribution in [0.3, 0.4) is 0 Å². The van der Waals surface area contributed by atoms with E-state index in [9.17, 15) is 4.79 Å². The third-order valence-electron chi connectivity index (χ3n) is 4.49. The fourth-order valence-corrected chi connectivity index (χ4v) is 4.59. The zero-order valence-electron chi connectivity index (χ0n) is 15.1. The number of thiophene rings is 1. The molecule has 0 radical (unpaired) electrons. The second-order valence-electron chi connectivity index (χ2n) is 6.48. The lowest BCUT2D eigenvalue weighted by Gasteiger charge is -2.21. The Kier molecular flexibility index (Phi) is 5.49. The number of nitrogens with zero attached hydrogens (tertiary/aromatic N) is 5. The summed E-state index contributed by atoms with van der Waals surface area (Å²) >= 11 is 3.24. The number of aryl methyl sites for hydroxylation is 2. The molecule has 7 nitrogen and oxygen atoms in total. The molecular formula is C18H21N5O2S2. The lowest BCUT2D eigenvalue weighted by molar-refractivity contribution is -0.131. The number of hydrogen-bond acceptors (Lipinski definition) is 8. The summed E-state index contributed by atoms with van der Waals surface area (Å²) in [6, 6.07) is 3.91. The number of carbonyl (C=O) groups excluding carboxylic acids is 1. The zero-order valence-corrected chi connectivity index (χ0v) is 16.8. The van der Waals surface area contributed by atoms with Gasteiger partial charge >= 0.3 is 0 Å².